The van der Waals surface area contributed by atoms with E-state index in [4.69, 9.17) is 0 Å². The fourth-order valence-corrected chi connectivity index (χ4v) is 1.67. The number of aromatic nitrogens is 4. The van der Waals surface area contributed by atoms with Crippen molar-refractivity contribution >= 4 is 17.0 Å². The molecule has 86 valence electrons. The lowest BCUT2D eigenvalue weighted by Gasteiger charge is -2.21. The van der Waals surface area contributed by atoms with Gasteiger partial charge in [0.05, 0.1) is 6.33 Å². The van der Waals surface area contributed by atoms with Crippen LogP contribution in [0.4, 0.5) is 5.82 Å². The summed E-state index contributed by atoms with van der Waals surface area (Å²) in [5.41, 5.74) is 1.67. The third-order valence-corrected chi connectivity index (χ3v) is 2.47. The van der Waals surface area contributed by atoms with Crippen molar-refractivity contribution in [2.75, 3.05) is 12.4 Å². The van der Waals surface area contributed by atoms with Gasteiger partial charge in [-0.25, -0.2) is 15.0 Å². The van der Waals surface area contributed by atoms with Crippen LogP contribution in [0.5, 0.6) is 0 Å². The second-order valence-electron chi connectivity index (χ2n) is 4.83. The average molecular weight is 219 g/mol. The lowest BCUT2D eigenvalue weighted by Crippen LogP contribution is -2.21. The number of rotatable bonds is 1. The lowest BCUT2D eigenvalue weighted by atomic mass is 10.1. The Balaban J connectivity index is 2.77. The van der Waals surface area contributed by atoms with E-state index < -0.39 is 0 Å². The molecule has 5 nitrogen and oxygen atoms in total. The fraction of sp³-hybridized carbons (Fsp3) is 0.545. The molecule has 0 aliphatic rings. The topological polar surface area (TPSA) is 55.6 Å². The van der Waals surface area contributed by atoms with Crippen LogP contribution in [-0.4, -0.2) is 26.6 Å². The molecule has 0 aromatic carbocycles. The van der Waals surface area contributed by atoms with Crippen LogP contribution < -0.4 is 5.32 Å². The van der Waals surface area contributed by atoms with Gasteiger partial charge in [0.1, 0.15) is 11.3 Å². The first kappa shape index (κ1) is 10.9. The Morgan fingerprint density at radius 1 is 1.25 bits per heavy atom. The number of hydrogen-bond donors (Lipinski definition) is 1. The summed E-state index contributed by atoms with van der Waals surface area (Å²) in [6, 6.07) is 0. The molecule has 0 amide bonds. The van der Waals surface area contributed by atoms with Crippen molar-refractivity contribution < 1.29 is 0 Å². The first-order valence-electron chi connectivity index (χ1n) is 5.33. The SMILES string of the molecule is CNc1nc(C)nc2c1ncn2C(C)(C)C. The van der Waals surface area contributed by atoms with Gasteiger partial charge in [-0.3, -0.25) is 0 Å². The van der Waals surface area contributed by atoms with Gasteiger partial charge in [0.25, 0.3) is 0 Å². The van der Waals surface area contributed by atoms with Gasteiger partial charge >= 0.3 is 0 Å². The van der Waals surface area contributed by atoms with Gasteiger partial charge in [0.2, 0.25) is 0 Å². The molecule has 2 heterocycles. The van der Waals surface area contributed by atoms with Gasteiger partial charge in [-0.1, -0.05) is 0 Å². The van der Waals surface area contributed by atoms with Crippen molar-refractivity contribution in [2.24, 2.45) is 0 Å². The highest BCUT2D eigenvalue weighted by Gasteiger charge is 2.19. The number of imidazole rings is 1. The summed E-state index contributed by atoms with van der Waals surface area (Å²) in [5, 5.41) is 3.05. The smallest absolute Gasteiger partial charge is 0.166 e. The zero-order valence-corrected chi connectivity index (χ0v) is 10.4. The van der Waals surface area contributed by atoms with Gasteiger partial charge in [-0.15, -0.1) is 0 Å². The molecule has 0 saturated carbocycles. The van der Waals surface area contributed by atoms with E-state index in [1.165, 1.54) is 0 Å². The molecule has 5 heteroatoms. The molecular weight excluding hydrogens is 202 g/mol. The molecule has 2 aromatic heterocycles. The van der Waals surface area contributed by atoms with Gasteiger partial charge in [0, 0.05) is 12.6 Å². The van der Waals surface area contributed by atoms with E-state index in [9.17, 15) is 0 Å². The molecule has 0 atom stereocenters. The van der Waals surface area contributed by atoms with E-state index in [1.54, 1.807) is 0 Å². The summed E-state index contributed by atoms with van der Waals surface area (Å²) in [5.74, 6) is 1.54. The molecule has 1 N–H and O–H groups in total. The number of anilines is 1. The predicted molar refractivity (Wildman–Crippen MR) is 64.6 cm³/mol. The van der Waals surface area contributed by atoms with Crippen molar-refractivity contribution in [3.63, 3.8) is 0 Å². The summed E-state index contributed by atoms with van der Waals surface area (Å²) in [6.45, 7) is 8.28. The number of hydrogen-bond acceptors (Lipinski definition) is 4. The minimum atomic E-state index is -0.0272. The van der Waals surface area contributed by atoms with Crippen LogP contribution in [0.1, 0.15) is 26.6 Å². The van der Waals surface area contributed by atoms with Crippen LogP contribution in [0, 0.1) is 6.92 Å². The molecule has 16 heavy (non-hydrogen) atoms. The molecule has 0 fully saturated rings. The summed E-state index contributed by atoms with van der Waals surface area (Å²) in [4.78, 5) is 13.1. The zero-order chi connectivity index (χ0) is 11.9. The summed E-state index contributed by atoms with van der Waals surface area (Å²) in [6.07, 6.45) is 1.82. The second-order valence-corrected chi connectivity index (χ2v) is 4.83. The molecule has 0 spiro atoms. The van der Waals surface area contributed by atoms with E-state index >= 15 is 0 Å². The van der Waals surface area contributed by atoms with Crippen LogP contribution in [0.3, 0.4) is 0 Å². The van der Waals surface area contributed by atoms with Crippen molar-refractivity contribution in [1.29, 1.82) is 0 Å². The Labute approximate surface area is 94.9 Å². The number of aryl methyl sites for hydroxylation is 1. The third kappa shape index (κ3) is 1.62. The molecule has 0 aliphatic carbocycles. The maximum Gasteiger partial charge on any atom is 0.166 e. The molecule has 2 aromatic rings. The van der Waals surface area contributed by atoms with Crippen LogP contribution in [-0.2, 0) is 5.54 Å². The highest BCUT2D eigenvalue weighted by molar-refractivity contribution is 5.83. The molecular formula is C11H17N5. The van der Waals surface area contributed by atoms with E-state index in [0.717, 1.165) is 22.8 Å². The molecule has 2 rings (SSSR count). The molecule has 0 bridgehead atoms. The Morgan fingerprint density at radius 2 is 1.94 bits per heavy atom. The van der Waals surface area contributed by atoms with Crippen LogP contribution in [0.2, 0.25) is 0 Å². The Hall–Kier alpha value is -1.65. The normalized spacial score (nSPS) is 12.1. The fourth-order valence-electron chi connectivity index (χ4n) is 1.67. The third-order valence-electron chi connectivity index (χ3n) is 2.47. The van der Waals surface area contributed by atoms with Gasteiger partial charge in [-0.2, -0.15) is 0 Å². The minimum Gasteiger partial charge on any atom is -0.371 e. The van der Waals surface area contributed by atoms with E-state index in [0.29, 0.717) is 0 Å². The van der Waals surface area contributed by atoms with Gasteiger partial charge in [-0.05, 0) is 27.7 Å². The quantitative estimate of drug-likeness (QED) is 0.796. The van der Waals surface area contributed by atoms with Crippen molar-refractivity contribution in [3.8, 4) is 0 Å². The van der Waals surface area contributed by atoms with Crippen molar-refractivity contribution in [3.05, 3.63) is 12.2 Å². The largest absolute Gasteiger partial charge is 0.371 e. The highest BCUT2D eigenvalue weighted by Crippen LogP contribution is 2.23. The second kappa shape index (κ2) is 3.43. The molecule has 0 aliphatic heterocycles. The van der Waals surface area contributed by atoms with Gasteiger partial charge in [0.15, 0.2) is 11.5 Å². The first-order chi connectivity index (χ1) is 7.43. The average Bonchev–Trinajstić information content (AvgIpc) is 2.58. The van der Waals surface area contributed by atoms with E-state index in [2.05, 4.69) is 45.6 Å². The predicted octanol–water partition coefficient (Wildman–Crippen LogP) is 1.93. The lowest BCUT2D eigenvalue weighted by molar-refractivity contribution is 0.406. The number of nitrogens with one attached hydrogen (secondary N) is 1. The van der Waals surface area contributed by atoms with Crippen molar-refractivity contribution in [1.82, 2.24) is 19.5 Å². The Kier molecular flexibility index (Phi) is 2.33. The summed E-state index contributed by atoms with van der Waals surface area (Å²) in [7, 11) is 1.84. The summed E-state index contributed by atoms with van der Waals surface area (Å²) >= 11 is 0. The maximum absolute atomic E-state index is 4.46. The maximum atomic E-state index is 4.46. The monoisotopic (exact) mass is 219 g/mol. The minimum absolute atomic E-state index is 0.0272. The van der Waals surface area contributed by atoms with E-state index in [-0.39, 0.29) is 5.54 Å². The van der Waals surface area contributed by atoms with Crippen LogP contribution in [0.25, 0.3) is 11.2 Å². The number of fused-ring (bicyclic) bond motifs is 1. The standard InChI is InChI=1S/C11H17N5/c1-7-14-9(12-5)8-10(15-7)16(6-13-8)11(2,3)4/h6H,1-5H3,(H,12,14,15). The Bertz CT molecular complexity index is 521. The molecule has 0 radical (unpaired) electrons. The zero-order valence-electron chi connectivity index (χ0n) is 10.4. The molecule has 0 saturated heterocycles. The van der Waals surface area contributed by atoms with Gasteiger partial charge < -0.3 is 9.88 Å². The van der Waals surface area contributed by atoms with Crippen LogP contribution >= 0.6 is 0 Å². The Morgan fingerprint density at radius 3 is 2.50 bits per heavy atom. The van der Waals surface area contributed by atoms with Crippen molar-refractivity contribution in [2.45, 2.75) is 33.2 Å². The summed E-state index contributed by atoms with van der Waals surface area (Å²) < 4.78 is 2.07. The van der Waals surface area contributed by atoms with E-state index in [1.807, 2.05) is 20.3 Å². The number of nitrogens with zero attached hydrogens (tertiary/aromatic N) is 4. The molecule has 0 unspecified atom stereocenters. The van der Waals surface area contributed by atoms with Crippen LogP contribution in [0.15, 0.2) is 6.33 Å². The first-order valence-corrected chi connectivity index (χ1v) is 5.33. The highest BCUT2D eigenvalue weighted by atomic mass is 15.2.